The Morgan fingerprint density at radius 2 is 2.03 bits per heavy atom. The number of hydrogen-bond acceptors (Lipinski definition) is 4. The number of benzene rings is 1. The third kappa shape index (κ3) is 3.71. The first-order valence-electron chi connectivity index (χ1n) is 10.8. The van der Waals surface area contributed by atoms with Crippen molar-refractivity contribution in [1.82, 2.24) is 29.4 Å². The fourth-order valence-corrected chi connectivity index (χ4v) is 4.17. The van der Waals surface area contributed by atoms with Crippen LogP contribution in [0.2, 0.25) is 0 Å². The molecule has 1 aliphatic rings. The van der Waals surface area contributed by atoms with E-state index in [0.29, 0.717) is 6.54 Å². The van der Waals surface area contributed by atoms with Gasteiger partial charge in [-0.1, -0.05) is 32.0 Å². The second-order valence-corrected chi connectivity index (χ2v) is 7.41. The Balaban J connectivity index is 0.00000112. The quantitative estimate of drug-likeness (QED) is 0.471. The molecule has 0 saturated heterocycles. The van der Waals surface area contributed by atoms with Crippen LogP contribution in [0.25, 0.3) is 33.3 Å². The summed E-state index contributed by atoms with van der Waals surface area (Å²) in [5, 5.41) is 11.3. The molecule has 1 aromatic carbocycles. The zero-order valence-corrected chi connectivity index (χ0v) is 18.5. The van der Waals surface area contributed by atoms with E-state index < -0.39 is 0 Å². The molecule has 0 unspecified atom stereocenters. The maximum atomic E-state index is 11.4. The Morgan fingerprint density at radius 1 is 1.19 bits per heavy atom. The standard InChI is InChI=1S/C22H22N6O.C2H6/c1-3-28-21-7-8-27(14-29)13-19(21)22(25-28)17-6-4-5-15-9-20(23-11-18(15)17)16-10-24-26(2)12-16;1-2/h4-6,9-12,14H,3,7-8,13H2,1-2H3;1-2H3. The van der Waals surface area contributed by atoms with Crippen LogP contribution >= 0.6 is 0 Å². The van der Waals surface area contributed by atoms with Crippen LogP contribution < -0.4 is 0 Å². The van der Waals surface area contributed by atoms with E-state index in [0.717, 1.165) is 64.8 Å². The van der Waals surface area contributed by atoms with Gasteiger partial charge < -0.3 is 4.90 Å². The highest BCUT2D eigenvalue weighted by Gasteiger charge is 2.25. The van der Waals surface area contributed by atoms with Crippen LogP contribution in [0, 0.1) is 0 Å². The Morgan fingerprint density at radius 3 is 2.74 bits per heavy atom. The summed E-state index contributed by atoms with van der Waals surface area (Å²) in [7, 11) is 1.90. The molecule has 3 aromatic heterocycles. The maximum Gasteiger partial charge on any atom is 0.210 e. The van der Waals surface area contributed by atoms with Gasteiger partial charge >= 0.3 is 0 Å². The van der Waals surface area contributed by atoms with Crippen LogP contribution in [0.4, 0.5) is 0 Å². The first-order valence-corrected chi connectivity index (χ1v) is 10.8. The molecule has 0 spiro atoms. The van der Waals surface area contributed by atoms with Crippen LogP contribution in [0.15, 0.2) is 42.9 Å². The molecule has 1 amide bonds. The third-order valence-corrected chi connectivity index (χ3v) is 5.63. The van der Waals surface area contributed by atoms with Crippen molar-refractivity contribution in [2.45, 2.75) is 40.3 Å². The number of carbonyl (C=O) groups excluding carboxylic acids is 1. The second kappa shape index (κ2) is 8.71. The smallest absolute Gasteiger partial charge is 0.210 e. The molecule has 1 aliphatic heterocycles. The number of pyridine rings is 1. The maximum absolute atomic E-state index is 11.4. The van der Waals surface area contributed by atoms with Gasteiger partial charge in [0, 0.05) is 73.3 Å². The minimum absolute atomic E-state index is 0.603. The zero-order valence-electron chi connectivity index (χ0n) is 18.5. The number of hydrogen-bond donors (Lipinski definition) is 0. The first kappa shape index (κ1) is 20.8. The van der Waals surface area contributed by atoms with Gasteiger partial charge in [0.05, 0.1) is 17.6 Å². The average molecular weight is 417 g/mol. The van der Waals surface area contributed by atoms with Crippen molar-refractivity contribution in [2.75, 3.05) is 6.54 Å². The fraction of sp³-hybridized carbons (Fsp3) is 0.333. The molecule has 0 atom stereocenters. The van der Waals surface area contributed by atoms with Gasteiger partial charge in [0.15, 0.2) is 0 Å². The molecule has 0 saturated carbocycles. The summed E-state index contributed by atoms with van der Waals surface area (Å²) in [6.45, 7) is 8.27. The zero-order chi connectivity index (χ0) is 22.0. The normalized spacial score (nSPS) is 13.0. The van der Waals surface area contributed by atoms with Gasteiger partial charge in [-0.2, -0.15) is 10.2 Å². The van der Waals surface area contributed by atoms with Crippen LogP contribution in [0.3, 0.4) is 0 Å². The van der Waals surface area contributed by atoms with Crippen LogP contribution in [0.5, 0.6) is 0 Å². The number of rotatable bonds is 4. The van der Waals surface area contributed by atoms with Gasteiger partial charge in [-0.3, -0.25) is 19.1 Å². The topological polar surface area (TPSA) is 68.8 Å². The van der Waals surface area contributed by atoms with E-state index in [9.17, 15) is 4.79 Å². The van der Waals surface area contributed by atoms with E-state index in [1.807, 2.05) is 44.4 Å². The van der Waals surface area contributed by atoms with Crippen molar-refractivity contribution in [2.24, 2.45) is 7.05 Å². The Hall–Kier alpha value is -3.48. The van der Waals surface area contributed by atoms with Crippen LogP contribution in [0.1, 0.15) is 32.0 Å². The summed E-state index contributed by atoms with van der Waals surface area (Å²) < 4.78 is 3.85. The van der Waals surface area contributed by atoms with Crippen molar-refractivity contribution in [3.05, 3.63) is 54.1 Å². The van der Waals surface area contributed by atoms with Gasteiger partial charge in [-0.25, -0.2) is 0 Å². The van der Waals surface area contributed by atoms with Gasteiger partial charge in [-0.15, -0.1) is 0 Å². The number of nitrogens with zero attached hydrogens (tertiary/aromatic N) is 6. The van der Waals surface area contributed by atoms with Crippen molar-refractivity contribution < 1.29 is 4.79 Å². The highest BCUT2D eigenvalue weighted by atomic mass is 16.1. The molecule has 4 heterocycles. The predicted octanol–water partition coefficient (Wildman–Crippen LogP) is 4.06. The lowest BCUT2D eigenvalue weighted by atomic mass is 9.97. The highest BCUT2D eigenvalue weighted by molar-refractivity contribution is 5.97. The van der Waals surface area contributed by atoms with E-state index >= 15 is 0 Å². The summed E-state index contributed by atoms with van der Waals surface area (Å²) in [4.78, 5) is 17.9. The Kier molecular flexibility index (Phi) is 5.84. The fourth-order valence-electron chi connectivity index (χ4n) is 4.17. The molecule has 4 aromatic rings. The molecule has 0 aliphatic carbocycles. The van der Waals surface area contributed by atoms with E-state index in [-0.39, 0.29) is 0 Å². The first-order chi connectivity index (χ1) is 15.2. The van der Waals surface area contributed by atoms with Crippen molar-refractivity contribution >= 4 is 17.2 Å². The number of fused-ring (bicyclic) bond motifs is 2. The molecule has 31 heavy (non-hydrogen) atoms. The molecule has 7 heteroatoms. The van der Waals surface area contributed by atoms with Crippen molar-refractivity contribution in [1.29, 1.82) is 0 Å². The summed E-state index contributed by atoms with van der Waals surface area (Å²) in [5.41, 5.74) is 6.29. The molecule has 7 nitrogen and oxygen atoms in total. The molecule has 160 valence electrons. The number of aryl methyl sites for hydroxylation is 2. The largest absolute Gasteiger partial charge is 0.340 e. The highest BCUT2D eigenvalue weighted by Crippen LogP contribution is 2.35. The minimum atomic E-state index is 0.603. The third-order valence-electron chi connectivity index (χ3n) is 5.63. The molecule has 5 rings (SSSR count). The van der Waals surface area contributed by atoms with Gasteiger partial charge in [0.1, 0.15) is 0 Å². The van der Waals surface area contributed by atoms with Crippen molar-refractivity contribution in [3.63, 3.8) is 0 Å². The summed E-state index contributed by atoms with van der Waals surface area (Å²) >= 11 is 0. The van der Waals surface area contributed by atoms with Gasteiger partial charge in [0.2, 0.25) is 6.41 Å². The van der Waals surface area contributed by atoms with Crippen LogP contribution in [-0.4, -0.2) is 42.4 Å². The molecule has 0 bridgehead atoms. The molecular weight excluding hydrogens is 388 g/mol. The predicted molar refractivity (Wildman–Crippen MR) is 122 cm³/mol. The molecular formula is C24H28N6O. The van der Waals surface area contributed by atoms with E-state index in [4.69, 9.17) is 10.1 Å². The Bertz CT molecular complexity index is 1220. The van der Waals surface area contributed by atoms with Gasteiger partial charge in [0.25, 0.3) is 0 Å². The number of aromatic nitrogens is 5. The van der Waals surface area contributed by atoms with Crippen molar-refractivity contribution in [3.8, 4) is 22.5 Å². The van der Waals surface area contributed by atoms with Gasteiger partial charge in [-0.05, 0) is 18.4 Å². The number of carbonyl (C=O) groups is 1. The summed E-state index contributed by atoms with van der Waals surface area (Å²) in [5.74, 6) is 0. The average Bonchev–Trinajstić information content (AvgIpc) is 3.42. The minimum Gasteiger partial charge on any atom is -0.340 e. The van der Waals surface area contributed by atoms with E-state index in [1.165, 1.54) is 5.69 Å². The van der Waals surface area contributed by atoms with Crippen LogP contribution in [-0.2, 0) is 31.4 Å². The second-order valence-electron chi connectivity index (χ2n) is 7.41. The Labute approximate surface area is 182 Å². The molecule has 0 fully saturated rings. The number of amides is 1. The van der Waals surface area contributed by atoms with E-state index in [2.05, 4.69) is 41.0 Å². The molecule has 0 N–H and O–H groups in total. The summed E-state index contributed by atoms with van der Waals surface area (Å²) in [6, 6.07) is 8.34. The lowest BCUT2D eigenvalue weighted by Gasteiger charge is -2.24. The monoisotopic (exact) mass is 416 g/mol. The molecule has 0 radical (unpaired) electrons. The summed E-state index contributed by atoms with van der Waals surface area (Å²) in [6.07, 6.45) is 7.48. The lowest BCUT2D eigenvalue weighted by Crippen LogP contribution is -2.29. The SMILES string of the molecule is CC.CCn1nc(-c2cccc3cc(-c4cnn(C)c4)ncc23)c2c1CCN(C=O)C2. The lowest BCUT2D eigenvalue weighted by molar-refractivity contribution is -0.118. The van der Waals surface area contributed by atoms with E-state index in [1.54, 1.807) is 4.68 Å².